The van der Waals surface area contributed by atoms with Crippen LogP contribution in [0, 0.1) is 5.82 Å². The van der Waals surface area contributed by atoms with Gasteiger partial charge in [-0.15, -0.1) is 0 Å². The zero-order chi connectivity index (χ0) is 22.1. The van der Waals surface area contributed by atoms with Gasteiger partial charge in [-0.3, -0.25) is 0 Å². The van der Waals surface area contributed by atoms with Crippen LogP contribution in [0.1, 0.15) is 29.5 Å². The van der Waals surface area contributed by atoms with Crippen molar-refractivity contribution in [1.29, 1.82) is 0 Å². The van der Waals surface area contributed by atoms with E-state index in [0.29, 0.717) is 36.0 Å². The third-order valence-corrected chi connectivity index (χ3v) is 5.30. The highest BCUT2D eigenvalue weighted by molar-refractivity contribution is 5.42. The molecule has 3 aromatic carbocycles. The van der Waals surface area contributed by atoms with Crippen LogP contribution < -0.4 is 4.74 Å². The van der Waals surface area contributed by atoms with Crippen LogP contribution in [0.25, 0.3) is 0 Å². The van der Waals surface area contributed by atoms with Crippen LogP contribution >= 0.6 is 0 Å². The van der Waals surface area contributed by atoms with Gasteiger partial charge in [-0.2, -0.15) is 13.2 Å². The molecule has 1 aliphatic carbocycles. The summed E-state index contributed by atoms with van der Waals surface area (Å²) in [4.78, 5) is 0. The maximum atomic E-state index is 14.8. The van der Waals surface area contributed by atoms with Crippen molar-refractivity contribution in [3.8, 4) is 11.5 Å². The first-order valence-electron chi connectivity index (χ1n) is 9.81. The number of allylic oxidation sites excluding steroid dienone is 2. The molecular weight excluding hydrogens is 411 g/mol. The van der Waals surface area contributed by atoms with E-state index in [2.05, 4.69) is 0 Å². The molecule has 0 atom stereocenters. The van der Waals surface area contributed by atoms with Crippen molar-refractivity contribution in [3.05, 3.63) is 107 Å². The highest BCUT2D eigenvalue weighted by Crippen LogP contribution is 2.51. The monoisotopic (exact) mass is 430 g/mol. The summed E-state index contributed by atoms with van der Waals surface area (Å²) in [5.74, 6) is -0.208. The zero-order valence-corrected chi connectivity index (χ0v) is 16.4. The number of halogens is 5. The Labute approximate surface area is 176 Å². The molecule has 160 valence electrons. The fourth-order valence-corrected chi connectivity index (χ4v) is 3.61. The number of hydrogen-bond acceptors (Lipinski definition) is 1. The van der Waals surface area contributed by atoms with Gasteiger partial charge in [-0.05, 0) is 66.4 Å². The van der Waals surface area contributed by atoms with E-state index in [-0.39, 0.29) is 12.0 Å². The normalized spacial score (nSPS) is 15.6. The van der Waals surface area contributed by atoms with E-state index in [9.17, 15) is 22.0 Å². The summed E-state index contributed by atoms with van der Waals surface area (Å²) >= 11 is 0. The Hall–Kier alpha value is -3.15. The van der Waals surface area contributed by atoms with E-state index in [1.165, 1.54) is 6.08 Å². The lowest BCUT2D eigenvalue weighted by atomic mass is 9.92. The van der Waals surface area contributed by atoms with Gasteiger partial charge in [-0.25, -0.2) is 8.78 Å². The number of rotatable bonds is 6. The molecule has 1 nitrogen and oxygen atoms in total. The predicted octanol–water partition coefficient (Wildman–Crippen LogP) is 7.76. The molecule has 0 aliphatic heterocycles. The van der Waals surface area contributed by atoms with Gasteiger partial charge in [0.1, 0.15) is 23.1 Å². The number of hydrogen-bond donors (Lipinski definition) is 0. The van der Waals surface area contributed by atoms with E-state index < -0.39 is 28.8 Å². The quantitative estimate of drug-likeness (QED) is 0.363. The largest absolute Gasteiger partial charge is 0.457 e. The van der Waals surface area contributed by atoms with Crippen LogP contribution in [0.2, 0.25) is 0 Å². The molecule has 0 heterocycles. The van der Waals surface area contributed by atoms with Gasteiger partial charge in [0.2, 0.25) is 0 Å². The van der Waals surface area contributed by atoms with Crippen molar-refractivity contribution in [2.45, 2.75) is 30.9 Å². The first-order valence-corrected chi connectivity index (χ1v) is 9.81. The maximum Gasteiger partial charge on any atom is 0.416 e. The molecule has 1 fully saturated rings. The van der Waals surface area contributed by atoms with Gasteiger partial charge in [0, 0.05) is 11.8 Å². The van der Waals surface area contributed by atoms with Crippen molar-refractivity contribution in [1.82, 2.24) is 0 Å². The van der Waals surface area contributed by atoms with Gasteiger partial charge in [0.25, 0.3) is 0 Å². The second-order valence-corrected chi connectivity index (χ2v) is 7.68. The number of ether oxygens (including phenoxy) is 1. The van der Waals surface area contributed by atoms with E-state index in [0.717, 1.165) is 12.1 Å². The lowest BCUT2D eigenvalue weighted by molar-refractivity contribution is -0.137. The zero-order valence-electron chi connectivity index (χ0n) is 16.4. The van der Waals surface area contributed by atoms with Crippen LogP contribution in [0.5, 0.6) is 11.5 Å². The molecule has 0 N–H and O–H groups in total. The van der Waals surface area contributed by atoms with Gasteiger partial charge in [0.15, 0.2) is 0 Å². The Morgan fingerprint density at radius 2 is 1.61 bits per heavy atom. The number of benzene rings is 3. The minimum absolute atomic E-state index is 0.0179. The second-order valence-electron chi connectivity index (χ2n) is 7.68. The van der Waals surface area contributed by atoms with E-state index in [1.54, 1.807) is 24.3 Å². The van der Waals surface area contributed by atoms with Crippen LogP contribution in [0.3, 0.4) is 0 Å². The van der Waals surface area contributed by atoms with Gasteiger partial charge < -0.3 is 4.74 Å². The Morgan fingerprint density at radius 3 is 2.26 bits per heavy atom. The van der Waals surface area contributed by atoms with Gasteiger partial charge in [0.05, 0.1) is 5.56 Å². The average Bonchev–Trinajstić information content (AvgIpc) is 3.48. The summed E-state index contributed by atoms with van der Waals surface area (Å²) in [5.41, 5.74) is -1.18. The van der Waals surface area contributed by atoms with Crippen molar-refractivity contribution in [2.75, 3.05) is 0 Å². The number of para-hydroxylation sites is 1. The Balaban J connectivity index is 1.51. The van der Waals surface area contributed by atoms with Crippen molar-refractivity contribution in [2.24, 2.45) is 0 Å². The second kappa shape index (κ2) is 8.17. The van der Waals surface area contributed by atoms with Crippen molar-refractivity contribution >= 4 is 0 Å². The minimum atomic E-state index is -4.62. The molecule has 0 saturated heterocycles. The first kappa shape index (κ1) is 21.1. The lowest BCUT2D eigenvalue weighted by Crippen LogP contribution is -2.11. The maximum absolute atomic E-state index is 14.8. The molecule has 0 aromatic heterocycles. The first-order chi connectivity index (χ1) is 14.7. The molecule has 6 heteroatoms. The molecule has 0 unspecified atom stereocenters. The molecule has 0 amide bonds. The SMILES string of the molecule is FC(=CC1(c2ccc(C(F)(F)F)cc2F)CC1)Cc1cccc(Oc2ccccc2)c1. The molecule has 0 radical (unpaired) electrons. The van der Waals surface area contributed by atoms with E-state index >= 15 is 0 Å². The molecule has 0 spiro atoms. The lowest BCUT2D eigenvalue weighted by Gasteiger charge is -2.15. The van der Waals surface area contributed by atoms with Crippen LogP contribution in [0.15, 0.2) is 84.7 Å². The molecule has 1 saturated carbocycles. The topological polar surface area (TPSA) is 9.23 Å². The minimum Gasteiger partial charge on any atom is -0.457 e. The molecule has 31 heavy (non-hydrogen) atoms. The van der Waals surface area contributed by atoms with Crippen LogP contribution in [0.4, 0.5) is 22.0 Å². The van der Waals surface area contributed by atoms with Crippen LogP contribution in [-0.4, -0.2) is 0 Å². The van der Waals surface area contributed by atoms with E-state index in [4.69, 9.17) is 4.74 Å². The van der Waals surface area contributed by atoms with Gasteiger partial charge >= 0.3 is 6.18 Å². The summed E-state index contributed by atoms with van der Waals surface area (Å²) in [6.07, 6.45) is -2.33. The Morgan fingerprint density at radius 1 is 0.903 bits per heavy atom. The molecule has 3 aromatic rings. The predicted molar refractivity (Wildman–Crippen MR) is 108 cm³/mol. The van der Waals surface area contributed by atoms with E-state index in [1.807, 2.05) is 30.3 Å². The molecular formula is C25H19F5O. The highest BCUT2D eigenvalue weighted by Gasteiger charge is 2.45. The molecule has 4 rings (SSSR count). The Kier molecular flexibility index (Phi) is 5.56. The summed E-state index contributed by atoms with van der Waals surface area (Å²) in [7, 11) is 0. The van der Waals surface area contributed by atoms with Crippen molar-refractivity contribution < 1.29 is 26.7 Å². The van der Waals surface area contributed by atoms with Gasteiger partial charge in [-0.1, -0.05) is 36.4 Å². The smallest absolute Gasteiger partial charge is 0.416 e. The summed E-state index contributed by atoms with van der Waals surface area (Å²) in [6, 6.07) is 18.6. The highest BCUT2D eigenvalue weighted by atomic mass is 19.4. The summed E-state index contributed by atoms with van der Waals surface area (Å²) in [5, 5.41) is 0. The number of alkyl halides is 3. The third-order valence-electron chi connectivity index (χ3n) is 5.30. The molecule has 0 bridgehead atoms. The summed E-state index contributed by atoms with van der Waals surface area (Å²) < 4.78 is 73.3. The van der Waals surface area contributed by atoms with Crippen LogP contribution in [-0.2, 0) is 18.0 Å². The molecule has 1 aliphatic rings. The fourth-order valence-electron chi connectivity index (χ4n) is 3.61. The standard InChI is InChI=1S/C25H19F5O/c26-19(13-17-5-4-8-21(14-17)31-20-6-2-1-3-7-20)16-24(11-12-24)22-10-9-18(15-23(22)27)25(28,29)30/h1-10,14-16H,11-13H2. The Bertz CT molecular complexity index is 1100. The third kappa shape index (κ3) is 4.95. The summed E-state index contributed by atoms with van der Waals surface area (Å²) in [6.45, 7) is 0. The van der Waals surface area contributed by atoms with Crippen molar-refractivity contribution in [3.63, 3.8) is 0 Å². The fraction of sp³-hybridized carbons (Fsp3) is 0.200. The average molecular weight is 430 g/mol.